The molecular formula is C11H21NO2. The molecule has 1 aliphatic rings. The Labute approximate surface area is 85.9 Å². The Morgan fingerprint density at radius 2 is 2.00 bits per heavy atom. The van der Waals surface area contributed by atoms with Gasteiger partial charge in [0.05, 0.1) is 0 Å². The molecule has 0 aliphatic heterocycles. The van der Waals surface area contributed by atoms with Gasteiger partial charge in [0.2, 0.25) is 0 Å². The second kappa shape index (κ2) is 4.78. The molecule has 0 saturated heterocycles. The average Bonchev–Trinajstić information content (AvgIpc) is 2.55. The summed E-state index contributed by atoms with van der Waals surface area (Å²) >= 11 is 0. The van der Waals surface area contributed by atoms with Crippen LogP contribution >= 0.6 is 0 Å². The van der Waals surface area contributed by atoms with Gasteiger partial charge in [-0.3, -0.25) is 4.79 Å². The Kier molecular flexibility index (Phi) is 3.93. The topological polar surface area (TPSA) is 49.3 Å². The quantitative estimate of drug-likeness (QED) is 0.720. The molecule has 3 nitrogen and oxygen atoms in total. The Morgan fingerprint density at radius 1 is 1.43 bits per heavy atom. The first kappa shape index (κ1) is 11.5. The summed E-state index contributed by atoms with van der Waals surface area (Å²) in [5, 5.41) is 12.1. The van der Waals surface area contributed by atoms with Crippen molar-refractivity contribution in [2.75, 3.05) is 6.54 Å². The number of nitrogens with one attached hydrogen (secondary N) is 1. The van der Waals surface area contributed by atoms with Gasteiger partial charge >= 0.3 is 0 Å². The zero-order valence-corrected chi connectivity index (χ0v) is 9.18. The summed E-state index contributed by atoms with van der Waals surface area (Å²) in [6.07, 6.45) is 6.34. The van der Waals surface area contributed by atoms with Crippen molar-refractivity contribution in [3.63, 3.8) is 0 Å². The van der Waals surface area contributed by atoms with Crippen molar-refractivity contribution in [3.05, 3.63) is 0 Å². The van der Waals surface area contributed by atoms with Crippen LogP contribution in [-0.4, -0.2) is 23.2 Å². The largest absolute Gasteiger partial charge is 0.381 e. The molecule has 0 bridgehead atoms. The van der Waals surface area contributed by atoms with Crippen LogP contribution in [0.3, 0.4) is 0 Å². The van der Waals surface area contributed by atoms with Gasteiger partial charge in [0.15, 0.2) is 0 Å². The Balaban J connectivity index is 2.11. The zero-order valence-electron chi connectivity index (χ0n) is 9.18. The fourth-order valence-electron chi connectivity index (χ4n) is 1.91. The highest BCUT2D eigenvalue weighted by atomic mass is 16.3. The summed E-state index contributed by atoms with van der Waals surface area (Å²) in [4.78, 5) is 11.3. The maximum Gasteiger partial charge on any atom is 0.251 e. The van der Waals surface area contributed by atoms with Gasteiger partial charge in [0, 0.05) is 6.54 Å². The van der Waals surface area contributed by atoms with E-state index in [0.29, 0.717) is 6.54 Å². The van der Waals surface area contributed by atoms with Crippen molar-refractivity contribution < 1.29 is 9.90 Å². The van der Waals surface area contributed by atoms with Crippen LogP contribution in [0.1, 0.15) is 46.0 Å². The fourth-order valence-corrected chi connectivity index (χ4v) is 1.91. The van der Waals surface area contributed by atoms with Gasteiger partial charge < -0.3 is 10.4 Å². The first-order valence-electron chi connectivity index (χ1n) is 5.51. The molecule has 0 atom stereocenters. The molecule has 1 amide bonds. The molecule has 1 rings (SSSR count). The standard InChI is InChI=1S/C11H21NO2/c1-11(2,14)10(13)12-8-7-9-5-3-4-6-9/h9,14H,3-8H2,1-2H3,(H,12,13). The maximum absolute atomic E-state index is 11.3. The number of aliphatic hydroxyl groups is 1. The molecule has 0 aromatic rings. The highest BCUT2D eigenvalue weighted by molar-refractivity contribution is 5.83. The maximum atomic E-state index is 11.3. The van der Waals surface area contributed by atoms with Crippen LogP contribution in [0.2, 0.25) is 0 Å². The summed E-state index contributed by atoms with van der Waals surface area (Å²) in [6, 6.07) is 0. The van der Waals surface area contributed by atoms with Crippen LogP contribution in [0, 0.1) is 5.92 Å². The van der Waals surface area contributed by atoms with Crippen molar-refractivity contribution in [1.82, 2.24) is 5.32 Å². The van der Waals surface area contributed by atoms with Gasteiger partial charge in [-0.1, -0.05) is 25.7 Å². The van der Waals surface area contributed by atoms with E-state index >= 15 is 0 Å². The van der Waals surface area contributed by atoms with Crippen LogP contribution in [0.5, 0.6) is 0 Å². The van der Waals surface area contributed by atoms with Gasteiger partial charge in [-0.25, -0.2) is 0 Å². The van der Waals surface area contributed by atoms with Gasteiger partial charge in [0.1, 0.15) is 5.60 Å². The highest BCUT2D eigenvalue weighted by Gasteiger charge is 2.23. The van der Waals surface area contributed by atoms with Crippen LogP contribution in [0.15, 0.2) is 0 Å². The van der Waals surface area contributed by atoms with Gasteiger partial charge in [0.25, 0.3) is 5.91 Å². The summed E-state index contributed by atoms with van der Waals surface area (Å²) in [6.45, 7) is 3.73. The van der Waals surface area contributed by atoms with E-state index in [0.717, 1.165) is 12.3 Å². The molecule has 0 heterocycles. The smallest absolute Gasteiger partial charge is 0.251 e. The van der Waals surface area contributed by atoms with Gasteiger partial charge in [-0.15, -0.1) is 0 Å². The lowest BCUT2D eigenvalue weighted by molar-refractivity contribution is -0.136. The molecule has 0 aromatic heterocycles. The van der Waals surface area contributed by atoms with E-state index in [2.05, 4.69) is 5.32 Å². The minimum absolute atomic E-state index is 0.268. The second-order valence-electron chi connectivity index (χ2n) is 4.75. The Hall–Kier alpha value is -0.570. The number of hydrogen-bond acceptors (Lipinski definition) is 2. The van der Waals surface area contributed by atoms with Gasteiger partial charge in [-0.2, -0.15) is 0 Å². The molecule has 1 fully saturated rings. The lowest BCUT2D eigenvalue weighted by atomic mass is 10.0. The minimum Gasteiger partial charge on any atom is -0.381 e. The van der Waals surface area contributed by atoms with Crippen molar-refractivity contribution in [2.24, 2.45) is 5.92 Å². The highest BCUT2D eigenvalue weighted by Crippen LogP contribution is 2.26. The summed E-state index contributed by atoms with van der Waals surface area (Å²) in [5.41, 5.74) is -1.24. The van der Waals surface area contributed by atoms with Gasteiger partial charge in [-0.05, 0) is 26.2 Å². The zero-order chi connectivity index (χ0) is 10.6. The number of carbonyl (C=O) groups is 1. The lowest BCUT2D eigenvalue weighted by Gasteiger charge is -2.17. The monoisotopic (exact) mass is 199 g/mol. The Morgan fingerprint density at radius 3 is 2.50 bits per heavy atom. The van der Waals surface area contributed by atoms with Crippen molar-refractivity contribution in [2.45, 2.75) is 51.6 Å². The van der Waals surface area contributed by atoms with E-state index in [9.17, 15) is 9.90 Å². The van der Waals surface area contributed by atoms with E-state index < -0.39 is 5.60 Å². The molecule has 82 valence electrons. The summed E-state index contributed by atoms with van der Waals surface area (Å²) in [5.74, 6) is 0.521. The molecule has 2 N–H and O–H groups in total. The molecule has 1 aliphatic carbocycles. The van der Waals surface area contributed by atoms with Crippen LogP contribution in [0.4, 0.5) is 0 Å². The van der Waals surface area contributed by atoms with E-state index in [-0.39, 0.29) is 5.91 Å². The van der Waals surface area contributed by atoms with E-state index in [4.69, 9.17) is 0 Å². The van der Waals surface area contributed by atoms with E-state index in [1.807, 2.05) is 0 Å². The SMILES string of the molecule is CC(C)(O)C(=O)NCCC1CCCC1. The third-order valence-corrected chi connectivity index (χ3v) is 2.87. The van der Waals surface area contributed by atoms with E-state index in [1.54, 1.807) is 0 Å². The van der Waals surface area contributed by atoms with Crippen LogP contribution in [-0.2, 0) is 4.79 Å². The molecule has 0 unspecified atom stereocenters. The summed E-state index contributed by atoms with van der Waals surface area (Å²) in [7, 11) is 0. The van der Waals surface area contributed by atoms with Crippen molar-refractivity contribution in [1.29, 1.82) is 0 Å². The van der Waals surface area contributed by atoms with Crippen LogP contribution < -0.4 is 5.32 Å². The molecule has 14 heavy (non-hydrogen) atoms. The number of rotatable bonds is 4. The third kappa shape index (κ3) is 3.66. The molecule has 0 spiro atoms. The predicted octanol–water partition coefficient (Wildman–Crippen LogP) is 1.45. The third-order valence-electron chi connectivity index (χ3n) is 2.87. The number of hydrogen-bond donors (Lipinski definition) is 2. The molecule has 1 saturated carbocycles. The molecule has 0 aromatic carbocycles. The first-order valence-corrected chi connectivity index (χ1v) is 5.51. The molecular weight excluding hydrogens is 178 g/mol. The van der Waals surface area contributed by atoms with Crippen molar-refractivity contribution in [3.8, 4) is 0 Å². The first-order chi connectivity index (χ1) is 6.50. The average molecular weight is 199 g/mol. The fraction of sp³-hybridized carbons (Fsp3) is 0.909. The predicted molar refractivity (Wildman–Crippen MR) is 55.9 cm³/mol. The van der Waals surface area contributed by atoms with Crippen molar-refractivity contribution >= 4 is 5.91 Å². The normalized spacial score (nSPS) is 18.5. The van der Waals surface area contributed by atoms with Crippen LogP contribution in [0.25, 0.3) is 0 Å². The number of carbonyl (C=O) groups excluding carboxylic acids is 1. The molecule has 3 heteroatoms. The van der Waals surface area contributed by atoms with E-state index in [1.165, 1.54) is 39.5 Å². The second-order valence-corrected chi connectivity index (χ2v) is 4.75. The summed E-state index contributed by atoms with van der Waals surface area (Å²) < 4.78 is 0. The lowest BCUT2D eigenvalue weighted by Crippen LogP contribution is -2.42. The number of amides is 1. The minimum atomic E-state index is -1.24. The molecule has 0 radical (unpaired) electrons. The Bertz CT molecular complexity index is 190.